The van der Waals surface area contributed by atoms with E-state index in [0.29, 0.717) is 19.0 Å². The molecule has 0 atom stereocenters. The molecule has 1 rings (SSSR count). The van der Waals surface area contributed by atoms with Gasteiger partial charge in [-0.15, -0.1) is 0 Å². The molecule has 0 radical (unpaired) electrons. The third-order valence-corrected chi connectivity index (χ3v) is 2.44. The highest BCUT2D eigenvalue weighted by atomic mass is 16.2. The molecule has 5 nitrogen and oxygen atoms in total. The molecule has 0 aromatic heterocycles. The summed E-state index contributed by atoms with van der Waals surface area (Å²) in [6, 6.07) is -0.231. The van der Waals surface area contributed by atoms with E-state index in [4.69, 9.17) is 0 Å². The van der Waals surface area contributed by atoms with Crippen molar-refractivity contribution in [2.45, 2.75) is 26.7 Å². The molecule has 16 heavy (non-hydrogen) atoms. The molecule has 0 bridgehead atoms. The lowest BCUT2D eigenvalue weighted by Gasteiger charge is -2.05. The topological polar surface area (TPSA) is 70.2 Å². The normalized spacial score (nSPS) is 15.5. The molecule has 0 spiro atoms. The van der Waals surface area contributed by atoms with Gasteiger partial charge < -0.3 is 16.0 Å². The third kappa shape index (κ3) is 5.38. The lowest BCUT2D eigenvalue weighted by molar-refractivity contribution is -0.118. The van der Waals surface area contributed by atoms with Crippen LogP contribution < -0.4 is 16.0 Å². The number of carbonyl (C=O) groups excluding carboxylic acids is 2. The van der Waals surface area contributed by atoms with Crippen LogP contribution in [0.1, 0.15) is 26.7 Å². The standard InChI is InChI=1S/C11H19N3O2/c1-8(10-3-4-10)7-14-11(16)13-6-5-12-9(2)15/h7,10H,3-6H2,1-2H3,(H,12,15)(H2,13,14,16)/b8-7+. The number of allylic oxidation sites excluding steroid dienone is 1. The van der Waals surface area contributed by atoms with E-state index >= 15 is 0 Å². The van der Waals surface area contributed by atoms with E-state index in [-0.39, 0.29) is 11.9 Å². The molecule has 0 aromatic rings. The van der Waals surface area contributed by atoms with Crippen LogP contribution in [0.25, 0.3) is 0 Å². The van der Waals surface area contributed by atoms with Crippen molar-refractivity contribution in [3.63, 3.8) is 0 Å². The van der Waals surface area contributed by atoms with Crippen LogP contribution in [-0.4, -0.2) is 25.0 Å². The summed E-state index contributed by atoms with van der Waals surface area (Å²) in [6.45, 7) is 4.35. The fraction of sp³-hybridized carbons (Fsp3) is 0.636. The van der Waals surface area contributed by atoms with Gasteiger partial charge in [-0.05, 0) is 25.7 Å². The Bertz CT molecular complexity index is 296. The van der Waals surface area contributed by atoms with E-state index in [1.54, 1.807) is 6.20 Å². The number of carbonyl (C=O) groups is 2. The van der Waals surface area contributed by atoms with Crippen molar-refractivity contribution in [2.24, 2.45) is 5.92 Å². The summed E-state index contributed by atoms with van der Waals surface area (Å²) in [5.41, 5.74) is 1.22. The first-order valence-corrected chi connectivity index (χ1v) is 5.55. The number of hydrogen-bond acceptors (Lipinski definition) is 2. The van der Waals surface area contributed by atoms with Gasteiger partial charge in [0.05, 0.1) is 0 Å². The van der Waals surface area contributed by atoms with Crippen LogP contribution in [0.4, 0.5) is 4.79 Å². The largest absolute Gasteiger partial charge is 0.355 e. The second-order valence-electron chi connectivity index (χ2n) is 4.05. The molecule has 5 heteroatoms. The minimum absolute atomic E-state index is 0.0910. The van der Waals surface area contributed by atoms with E-state index in [1.165, 1.54) is 25.3 Å². The van der Waals surface area contributed by atoms with Crippen LogP contribution >= 0.6 is 0 Å². The molecular formula is C11H19N3O2. The Labute approximate surface area is 95.7 Å². The fourth-order valence-electron chi connectivity index (χ4n) is 1.30. The van der Waals surface area contributed by atoms with Gasteiger partial charge in [0.2, 0.25) is 5.91 Å². The average molecular weight is 225 g/mol. The van der Waals surface area contributed by atoms with Crippen LogP contribution in [0, 0.1) is 5.92 Å². The van der Waals surface area contributed by atoms with Gasteiger partial charge in [0.1, 0.15) is 0 Å². The summed E-state index contributed by atoms with van der Waals surface area (Å²) < 4.78 is 0. The number of nitrogens with one attached hydrogen (secondary N) is 3. The van der Waals surface area contributed by atoms with E-state index in [1.807, 2.05) is 6.92 Å². The third-order valence-electron chi connectivity index (χ3n) is 2.44. The van der Waals surface area contributed by atoms with Gasteiger partial charge in [0, 0.05) is 26.2 Å². The molecule has 0 unspecified atom stereocenters. The van der Waals surface area contributed by atoms with Gasteiger partial charge in [0.15, 0.2) is 0 Å². The zero-order valence-electron chi connectivity index (χ0n) is 9.80. The van der Waals surface area contributed by atoms with Gasteiger partial charge in [-0.25, -0.2) is 4.79 Å². The Morgan fingerprint density at radius 1 is 1.19 bits per heavy atom. The lowest BCUT2D eigenvalue weighted by atomic mass is 10.2. The SMILES string of the molecule is CC(=O)NCCNC(=O)N/C=C(\C)C1CC1. The van der Waals surface area contributed by atoms with Gasteiger partial charge >= 0.3 is 6.03 Å². The Balaban J connectivity index is 2.06. The van der Waals surface area contributed by atoms with Crippen molar-refractivity contribution >= 4 is 11.9 Å². The van der Waals surface area contributed by atoms with Crippen LogP contribution in [0.2, 0.25) is 0 Å². The molecule has 3 N–H and O–H groups in total. The predicted molar refractivity (Wildman–Crippen MR) is 61.7 cm³/mol. The Morgan fingerprint density at radius 3 is 2.38 bits per heavy atom. The molecule has 0 heterocycles. The highest BCUT2D eigenvalue weighted by Crippen LogP contribution is 2.35. The van der Waals surface area contributed by atoms with E-state index in [0.717, 1.165) is 0 Å². The molecule has 1 fully saturated rings. The number of amides is 3. The summed E-state index contributed by atoms with van der Waals surface area (Å²) in [4.78, 5) is 21.8. The molecule has 0 aliphatic heterocycles. The van der Waals surface area contributed by atoms with Crippen LogP contribution in [0.3, 0.4) is 0 Å². The predicted octanol–water partition coefficient (Wildman–Crippen LogP) is 0.735. The van der Waals surface area contributed by atoms with E-state index < -0.39 is 0 Å². The first-order chi connectivity index (χ1) is 7.59. The molecule has 90 valence electrons. The molecule has 0 saturated heterocycles. The van der Waals surface area contributed by atoms with Gasteiger partial charge in [-0.3, -0.25) is 4.79 Å². The lowest BCUT2D eigenvalue weighted by Crippen LogP contribution is -2.38. The Morgan fingerprint density at radius 2 is 1.81 bits per heavy atom. The summed E-state index contributed by atoms with van der Waals surface area (Å²) in [6.07, 6.45) is 4.22. The maximum Gasteiger partial charge on any atom is 0.318 e. The van der Waals surface area contributed by atoms with Crippen molar-refractivity contribution in [3.8, 4) is 0 Å². The van der Waals surface area contributed by atoms with Crippen molar-refractivity contribution in [3.05, 3.63) is 11.8 Å². The van der Waals surface area contributed by atoms with Crippen LogP contribution in [0.5, 0.6) is 0 Å². The number of rotatable bonds is 5. The average Bonchev–Trinajstić information content (AvgIpc) is 3.04. The highest BCUT2D eigenvalue weighted by molar-refractivity contribution is 5.75. The van der Waals surface area contributed by atoms with Gasteiger partial charge in [0.25, 0.3) is 0 Å². The Hall–Kier alpha value is -1.52. The molecule has 1 saturated carbocycles. The molecule has 3 amide bonds. The summed E-state index contributed by atoms with van der Waals surface area (Å²) in [5.74, 6) is 0.575. The molecule has 0 aromatic carbocycles. The van der Waals surface area contributed by atoms with Gasteiger partial charge in [-0.1, -0.05) is 5.57 Å². The monoisotopic (exact) mass is 225 g/mol. The second kappa shape index (κ2) is 6.15. The summed E-state index contributed by atoms with van der Waals surface area (Å²) >= 11 is 0. The van der Waals surface area contributed by atoms with Crippen LogP contribution in [0.15, 0.2) is 11.8 Å². The Kier molecular flexibility index (Phi) is 4.82. The quantitative estimate of drug-likeness (QED) is 0.604. The first kappa shape index (κ1) is 12.5. The first-order valence-electron chi connectivity index (χ1n) is 5.55. The van der Waals surface area contributed by atoms with Gasteiger partial charge in [-0.2, -0.15) is 0 Å². The molecule has 1 aliphatic carbocycles. The van der Waals surface area contributed by atoms with E-state index in [2.05, 4.69) is 16.0 Å². The molecule has 1 aliphatic rings. The summed E-state index contributed by atoms with van der Waals surface area (Å²) in [7, 11) is 0. The zero-order chi connectivity index (χ0) is 12.0. The minimum atomic E-state index is -0.231. The van der Waals surface area contributed by atoms with Crippen LogP contribution in [-0.2, 0) is 4.79 Å². The maximum atomic E-state index is 11.3. The number of urea groups is 1. The maximum absolute atomic E-state index is 11.3. The summed E-state index contributed by atoms with van der Waals surface area (Å²) in [5, 5.41) is 7.91. The van der Waals surface area contributed by atoms with Crippen molar-refractivity contribution < 1.29 is 9.59 Å². The smallest absolute Gasteiger partial charge is 0.318 e. The second-order valence-corrected chi connectivity index (χ2v) is 4.05. The molecular weight excluding hydrogens is 206 g/mol. The van der Waals surface area contributed by atoms with Crippen molar-refractivity contribution in [2.75, 3.05) is 13.1 Å². The van der Waals surface area contributed by atoms with Crippen molar-refractivity contribution in [1.29, 1.82) is 0 Å². The minimum Gasteiger partial charge on any atom is -0.355 e. The number of hydrogen-bond donors (Lipinski definition) is 3. The van der Waals surface area contributed by atoms with E-state index in [9.17, 15) is 9.59 Å². The zero-order valence-corrected chi connectivity index (χ0v) is 9.80. The van der Waals surface area contributed by atoms with Crippen molar-refractivity contribution in [1.82, 2.24) is 16.0 Å². The highest BCUT2D eigenvalue weighted by Gasteiger charge is 2.22. The fourth-order valence-corrected chi connectivity index (χ4v) is 1.30.